The second-order valence-electron chi connectivity index (χ2n) is 6.02. The minimum Gasteiger partial charge on any atom is -0.463 e. The lowest BCUT2D eigenvalue weighted by Crippen LogP contribution is -2.17. The van der Waals surface area contributed by atoms with Gasteiger partial charge >= 0.3 is 5.76 Å². The summed E-state index contributed by atoms with van der Waals surface area (Å²) in [7, 11) is 0. The molecule has 0 aliphatic rings. The maximum atomic E-state index is 12.5. The molecule has 0 spiro atoms. The summed E-state index contributed by atoms with van der Waals surface area (Å²) in [5.74, 6) is -0.160. The summed E-state index contributed by atoms with van der Waals surface area (Å²) in [6.45, 7) is 0.905. The number of aryl methyl sites for hydroxylation is 1. The van der Waals surface area contributed by atoms with Crippen LogP contribution in [0.5, 0.6) is 5.75 Å². The first-order valence-electron chi connectivity index (χ1n) is 8.21. The lowest BCUT2D eigenvalue weighted by molar-refractivity contribution is 0.192. The molecule has 7 heteroatoms. The molecule has 2 aromatic heterocycles. The van der Waals surface area contributed by atoms with Gasteiger partial charge in [-0.05, 0) is 42.8 Å². The lowest BCUT2D eigenvalue weighted by atomic mass is 10.0. The van der Waals surface area contributed by atoms with Gasteiger partial charge in [0.15, 0.2) is 5.58 Å². The summed E-state index contributed by atoms with van der Waals surface area (Å²) in [6, 6.07) is 13.4. The van der Waals surface area contributed by atoms with Crippen molar-refractivity contribution in [1.29, 1.82) is 0 Å². The molecule has 6 nitrogen and oxygen atoms in total. The molecule has 4 aromatic rings. The molecule has 136 valence electrons. The van der Waals surface area contributed by atoms with Crippen molar-refractivity contribution in [3.8, 4) is 22.6 Å². The number of oxazole rings is 1. The number of alkyl halides is 1. The molecule has 4 rings (SSSR count). The van der Waals surface area contributed by atoms with Gasteiger partial charge in [0.05, 0.1) is 5.52 Å². The van der Waals surface area contributed by atoms with Gasteiger partial charge in [0.2, 0.25) is 6.86 Å². The van der Waals surface area contributed by atoms with Gasteiger partial charge in [-0.2, -0.15) is 0 Å². The monoisotopic (exact) mass is 366 g/mol. The highest BCUT2D eigenvalue weighted by molar-refractivity contribution is 5.90. The summed E-state index contributed by atoms with van der Waals surface area (Å²) in [6.07, 6.45) is 1.70. The number of halogens is 1. The minimum atomic E-state index is -0.917. The minimum absolute atomic E-state index is 0.210. The van der Waals surface area contributed by atoms with Gasteiger partial charge in [-0.15, -0.1) is 0 Å². The quantitative estimate of drug-likeness (QED) is 0.599. The SMILES string of the molecule is Cc1cc(=O)n(-c2ccc(OCF)cc2)cc1-c1cccc2[nH]c(=O)oc12. The van der Waals surface area contributed by atoms with Crippen molar-refractivity contribution in [3.05, 3.63) is 81.2 Å². The van der Waals surface area contributed by atoms with Gasteiger partial charge in [0.25, 0.3) is 5.56 Å². The van der Waals surface area contributed by atoms with Crippen molar-refractivity contribution in [2.24, 2.45) is 0 Å². The first kappa shape index (κ1) is 16.8. The van der Waals surface area contributed by atoms with E-state index < -0.39 is 12.6 Å². The smallest absolute Gasteiger partial charge is 0.417 e. The van der Waals surface area contributed by atoms with Crippen molar-refractivity contribution in [3.63, 3.8) is 0 Å². The number of nitrogens with one attached hydrogen (secondary N) is 1. The number of ether oxygens (including phenoxy) is 1. The van der Waals surface area contributed by atoms with Gasteiger partial charge in [0.1, 0.15) is 5.75 Å². The number of hydrogen-bond acceptors (Lipinski definition) is 4. The van der Waals surface area contributed by atoms with Gasteiger partial charge in [-0.1, -0.05) is 12.1 Å². The van der Waals surface area contributed by atoms with E-state index in [4.69, 9.17) is 9.15 Å². The summed E-state index contributed by atoms with van der Waals surface area (Å²) in [5.41, 5.74) is 3.63. The fourth-order valence-corrected chi connectivity index (χ4v) is 3.06. The molecule has 1 N–H and O–H groups in total. The molecule has 0 aliphatic heterocycles. The third kappa shape index (κ3) is 3.03. The molecule has 0 unspecified atom stereocenters. The highest BCUT2D eigenvalue weighted by Crippen LogP contribution is 2.29. The maximum Gasteiger partial charge on any atom is 0.417 e. The predicted molar refractivity (Wildman–Crippen MR) is 99.2 cm³/mol. The Labute approximate surface area is 152 Å². The average molecular weight is 366 g/mol. The van der Waals surface area contributed by atoms with Crippen LogP contribution in [-0.2, 0) is 0 Å². The van der Waals surface area contributed by atoms with E-state index in [9.17, 15) is 14.0 Å². The molecule has 0 amide bonds. The Morgan fingerprint density at radius 3 is 2.63 bits per heavy atom. The molecule has 0 atom stereocenters. The van der Waals surface area contributed by atoms with Gasteiger partial charge in [0, 0.05) is 29.1 Å². The lowest BCUT2D eigenvalue weighted by Gasteiger charge is -2.12. The molecule has 0 saturated carbocycles. The molecule has 27 heavy (non-hydrogen) atoms. The zero-order chi connectivity index (χ0) is 19.0. The Hall–Kier alpha value is -3.61. The van der Waals surface area contributed by atoms with Crippen LogP contribution in [0.15, 0.2) is 68.7 Å². The standard InChI is InChI=1S/C20H15FN2O4/c1-12-9-18(24)23(13-5-7-14(8-6-13)26-11-21)10-16(12)15-3-2-4-17-19(15)27-20(25)22-17/h2-10H,11H2,1H3,(H,22,25). The van der Waals surface area contributed by atoms with E-state index in [2.05, 4.69) is 4.98 Å². The van der Waals surface area contributed by atoms with Gasteiger partial charge in [-0.3, -0.25) is 14.3 Å². The summed E-state index contributed by atoms with van der Waals surface area (Å²) in [4.78, 5) is 26.7. The fraction of sp³-hybridized carbons (Fsp3) is 0.100. The molecule has 0 bridgehead atoms. The highest BCUT2D eigenvalue weighted by Gasteiger charge is 2.13. The van der Waals surface area contributed by atoms with Gasteiger partial charge < -0.3 is 9.15 Å². The van der Waals surface area contributed by atoms with Crippen LogP contribution >= 0.6 is 0 Å². The zero-order valence-electron chi connectivity index (χ0n) is 14.4. The van der Waals surface area contributed by atoms with Crippen molar-refractivity contribution in [2.75, 3.05) is 6.86 Å². The van der Waals surface area contributed by atoms with E-state index in [0.29, 0.717) is 28.1 Å². The van der Waals surface area contributed by atoms with Crippen LogP contribution in [0.1, 0.15) is 5.56 Å². The Balaban J connectivity index is 1.89. The van der Waals surface area contributed by atoms with E-state index in [1.807, 2.05) is 13.0 Å². The molecule has 0 fully saturated rings. The molecule has 0 radical (unpaired) electrons. The third-order valence-electron chi connectivity index (χ3n) is 4.33. The third-order valence-corrected chi connectivity index (χ3v) is 4.33. The molecular weight excluding hydrogens is 351 g/mol. The zero-order valence-corrected chi connectivity index (χ0v) is 14.4. The first-order valence-corrected chi connectivity index (χ1v) is 8.21. The summed E-state index contributed by atoms with van der Waals surface area (Å²) >= 11 is 0. The second-order valence-corrected chi connectivity index (χ2v) is 6.02. The number of aromatic nitrogens is 2. The van der Waals surface area contributed by atoms with Crippen LogP contribution < -0.4 is 16.1 Å². The number of fused-ring (bicyclic) bond motifs is 1. The van der Waals surface area contributed by atoms with Crippen molar-refractivity contribution in [2.45, 2.75) is 6.92 Å². The number of rotatable bonds is 4. The largest absolute Gasteiger partial charge is 0.463 e. The number of hydrogen-bond donors (Lipinski definition) is 1. The van der Waals surface area contributed by atoms with Crippen molar-refractivity contribution in [1.82, 2.24) is 9.55 Å². The van der Waals surface area contributed by atoms with Crippen LogP contribution in [0.25, 0.3) is 27.9 Å². The average Bonchev–Trinajstić information content (AvgIpc) is 3.03. The van der Waals surface area contributed by atoms with Gasteiger partial charge in [-0.25, -0.2) is 9.18 Å². The summed E-state index contributed by atoms with van der Waals surface area (Å²) < 4.78 is 23.8. The predicted octanol–water partition coefficient (Wildman–Crippen LogP) is 3.55. The van der Waals surface area contributed by atoms with E-state index in [1.54, 1.807) is 42.6 Å². The topological polar surface area (TPSA) is 77.2 Å². The first-order chi connectivity index (χ1) is 13.1. The number of nitrogens with zero attached hydrogens (tertiary/aromatic N) is 1. The highest BCUT2D eigenvalue weighted by atomic mass is 19.1. The normalized spacial score (nSPS) is 11.0. The Morgan fingerprint density at radius 2 is 1.89 bits per heavy atom. The molecule has 0 saturated heterocycles. The number of H-pyrrole nitrogens is 1. The van der Waals surface area contributed by atoms with Crippen LogP contribution in [-0.4, -0.2) is 16.4 Å². The number of benzene rings is 2. The van der Waals surface area contributed by atoms with E-state index in [1.165, 1.54) is 10.6 Å². The van der Waals surface area contributed by atoms with E-state index in [-0.39, 0.29) is 5.56 Å². The Morgan fingerprint density at radius 1 is 1.11 bits per heavy atom. The number of aromatic amines is 1. The molecule has 0 aliphatic carbocycles. The van der Waals surface area contributed by atoms with Crippen LogP contribution in [0.3, 0.4) is 0 Å². The molecule has 2 aromatic carbocycles. The van der Waals surface area contributed by atoms with E-state index in [0.717, 1.165) is 11.1 Å². The molecular formula is C20H15FN2O4. The van der Waals surface area contributed by atoms with E-state index >= 15 is 0 Å². The summed E-state index contributed by atoms with van der Waals surface area (Å²) in [5, 5.41) is 0. The number of pyridine rings is 1. The second kappa shape index (κ2) is 6.60. The van der Waals surface area contributed by atoms with Crippen LogP contribution in [0, 0.1) is 6.92 Å². The fourth-order valence-electron chi connectivity index (χ4n) is 3.06. The van der Waals surface area contributed by atoms with Crippen molar-refractivity contribution < 1.29 is 13.5 Å². The Kier molecular flexibility index (Phi) is 4.12. The maximum absolute atomic E-state index is 12.5. The Bertz CT molecular complexity index is 1240. The number of para-hydroxylation sites is 1. The van der Waals surface area contributed by atoms with Crippen LogP contribution in [0.4, 0.5) is 4.39 Å². The molecule has 2 heterocycles. The van der Waals surface area contributed by atoms with Crippen molar-refractivity contribution >= 4 is 11.1 Å². The van der Waals surface area contributed by atoms with Crippen LogP contribution in [0.2, 0.25) is 0 Å².